The molecule has 0 saturated carbocycles. The standard InChI is InChI=1S/C17H22N4O4/c1-11(2)10-14(16(24)18-9-5-8-15(22)23)21-17(25)12-6-3-4-7-13(12)19-20-21/h3-4,6-7,11,14H,5,8-10H2,1-2H3,(H,18,24)(H,22,23). The lowest BCUT2D eigenvalue weighted by molar-refractivity contribution is -0.137. The number of nitrogens with one attached hydrogen (secondary N) is 1. The molecule has 1 aromatic heterocycles. The summed E-state index contributed by atoms with van der Waals surface area (Å²) in [6, 6.07) is 6.06. The van der Waals surface area contributed by atoms with Crippen molar-refractivity contribution >= 4 is 22.8 Å². The molecular formula is C17H22N4O4. The Labute approximate surface area is 144 Å². The minimum absolute atomic E-state index is 0.0230. The molecule has 8 heteroatoms. The van der Waals surface area contributed by atoms with E-state index < -0.39 is 12.0 Å². The number of fused-ring (bicyclic) bond motifs is 1. The van der Waals surface area contributed by atoms with Gasteiger partial charge in [-0.1, -0.05) is 31.2 Å². The van der Waals surface area contributed by atoms with Gasteiger partial charge < -0.3 is 10.4 Å². The molecule has 2 N–H and O–H groups in total. The predicted octanol–water partition coefficient (Wildman–Crippen LogP) is 1.36. The van der Waals surface area contributed by atoms with E-state index >= 15 is 0 Å². The summed E-state index contributed by atoms with van der Waals surface area (Å²) in [5.74, 6) is -1.11. The number of amides is 1. The molecular weight excluding hydrogens is 324 g/mol. The van der Waals surface area contributed by atoms with Gasteiger partial charge in [0.1, 0.15) is 11.6 Å². The second-order valence-corrected chi connectivity index (χ2v) is 6.29. The fourth-order valence-electron chi connectivity index (χ4n) is 2.54. The van der Waals surface area contributed by atoms with E-state index in [2.05, 4.69) is 15.6 Å². The summed E-state index contributed by atoms with van der Waals surface area (Å²) >= 11 is 0. The Kier molecular flexibility index (Phi) is 6.21. The molecule has 0 spiro atoms. The van der Waals surface area contributed by atoms with Gasteiger partial charge >= 0.3 is 5.97 Å². The van der Waals surface area contributed by atoms with Crippen molar-refractivity contribution < 1.29 is 14.7 Å². The third-order valence-electron chi connectivity index (χ3n) is 3.75. The first-order valence-corrected chi connectivity index (χ1v) is 8.24. The number of aliphatic carboxylic acids is 1. The maximum atomic E-state index is 12.7. The molecule has 0 aliphatic heterocycles. The van der Waals surface area contributed by atoms with Gasteiger partial charge in [-0.3, -0.25) is 14.4 Å². The second-order valence-electron chi connectivity index (χ2n) is 6.29. The Balaban J connectivity index is 2.25. The van der Waals surface area contributed by atoms with E-state index in [9.17, 15) is 14.4 Å². The van der Waals surface area contributed by atoms with Crippen LogP contribution in [0.5, 0.6) is 0 Å². The van der Waals surface area contributed by atoms with E-state index in [0.29, 0.717) is 23.7 Å². The van der Waals surface area contributed by atoms with Crippen LogP contribution in [0.2, 0.25) is 0 Å². The highest BCUT2D eigenvalue weighted by Crippen LogP contribution is 2.16. The molecule has 0 radical (unpaired) electrons. The number of hydrogen-bond acceptors (Lipinski definition) is 5. The molecule has 0 saturated heterocycles. The van der Waals surface area contributed by atoms with E-state index in [-0.39, 0.29) is 30.3 Å². The number of aromatic nitrogens is 3. The molecule has 8 nitrogen and oxygen atoms in total. The molecule has 1 unspecified atom stereocenters. The second kappa shape index (κ2) is 8.36. The minimum atomic E-state index is -0.912. The summed E-state index contributed by atoms with van der Waals surface area (Å²) in [4.78, 5) is 35.7. The number of carboxylic acid groups (broad SMARTS) is 1. The van der Waals surface area contributed by atoms with Crippen molar-refractivity contribution in [1.82, 2.24) is 20.3 Å². The highest BCUT2D eigenvalue weighted by Gasteiger charge is 2.24. The van der Waals surface area contributed by atoms with Crippen LogP contribution in [0.25, 0.3) is 10.9 Å². The maximum absolute atomic E-state index is 12.7. The van der Waals surface area contributed by atoms with Crippen LogP contribution in [0.3, 0.4) is 0 Å². The van der Waals surface area contributed by atoms with Crippen LogP contribution in [0.15, 0.2) is 29.1 Å². The lowest BCUT2D eigenvalue weighted by atomic mass is 10.0. The highest BCUT2D eigenvalue weighted by molar-refractivity contribution is 5.81. The van der Waals surface area contributed by atoms with Crippen molar-refractivity contribution in [1.29, 1.82) is 0 Å². The lowest BCUT2D eigenvalue weighted by Crippen LogP contribution is -2.40. The van der Waals surface area contributed by atoms with E-state index in [4.69, 9.17) is 5.11 Å². The summed E-state index contributed by atoms with van der Waals surface area (Å²) in [5.41, 5.74) is 0.117. The zero-order chi connectivity index (χ0) is 18.4. The number of carboxylic acids is 1. The van der Waals surface area contributed by atoms with Gasteiger partial charge in [-0.15, -0.1) is 5.10 Å². The number of nitrogens with zero attached hydrogens (tertiary/aromatic N) is 3. The number of rotatable bonds is 8. The van der Waals surface area contributed by atoms with Crippen molar-refractivity contribution in [2.75, 3.05) is 6.54 Å². The molecule has 2 rings (SSSR count). The normalized spacial score (nSPS) is 12.3. The van der Waals surface area contributed by atoms with E-state index in [1.165, 1.54) is 0 Å². The first-order valence-electron chi connectivity index (χ1n) is 8.24. The average Bonchev–Trinajstić information content (AvgIpc) is 2.57. The van der Waals surface area contributed by atoms with Crippen LogP contribution in [-0.4, -0.2) is 38.5 Å². The first-order chi connectivity index (χ1) is 11.9. The third kappa shape index (κ3) is 4.85. The molecule has 0 aliphatic rings. The topological polar surface area (TPSA) is 114 Å². The minimum Gasteiger partial charge on any atom is -0.481 e. The van der Waals surface area contributed by atoms with E-state index in [1.807, 2.05) is 13.8 Å². The zero-order valence-corrected chi connectivity index (χ0v) is 14.3. The number of carbonyl (C=O) groups is 2. The zero-order valence-electron chi connectivity index (χ0n) is 14.3. The van der Waals surface area contributed by atoms with Gasteiger partial charge in [-0.25, -0.2) is 0 Å². The average molecular weight is 346 g/mol. The van der Waals surface area contributed by atoms with Crippen molar-refractivity contribution in [2.45, 2.75) is 39.2 Å². The number of benzene rings is 1. The summed E-state index contributed by atoms with van der Waals surface area (Å²) in [6.07, 6.45) is 0.732. The highest BCUT2D eigenvalue weighted by atomic mass is 16.4. The molecule has 134 valence electrons. The van der Waals surface area contributed by atoms with Crippen molar-refractivity contribution in [3.63, 3.8) is 0 Å². The SMILES string of the molecule is CC(C)CC(C(=O)NCCCC(=O)O)n1nnc2ccccc2c1=O. The van der Waals surface area contributed by atoms with E-state index in [0.717, 1.165) is 4.68 Å². The first kappa shape index (κ1) is 18.6. The Morgan fingerprint density at radius 2 is 2.00 bits per heavy atom. The molecule has 1 amide bonds. The monoisotopic (exact) mass is 346 g/mol. The Morgan fingerprint density at radius 3 is 2.68 bits per heavy atom. The summed E-state index contributed by atoms with van der Waals surface area (Å²) in [5, 5.41) is 19.7. The maximum Gasteiger partial charge on any atom is 0.303 e. The lowest BCUT2D eigenvalue weighted by Gasteiger charge is -2.19. The van der Waals surface area contributed by atoms with Gasteiger partial charge in [0.25, 0.3) is 5.56 Å². The van der Waals surface area contributed by atoms with Gasteiger partial charge in [0.2, 0.25) is 5.91 Å². The van der Waals surface area contributed by atoms with Gasteiger partial charge in [0.15, 0.2) is 0 Å². The molecule has 25 heavy (non-hydrogen) atoms. The predicted molar refractivity (Wildman–Crippen MR) is 92.2 cm³/mol. The van der Waals surface area contributed by atoms with Gasteiger partial charge in [0.05, 0.1) is 5.39 Å². The summed E-state index contributed by atoms with van der Waals surface area (Å²) in [7, 11) is 0. The number of hydrogen-bond donors (Lipinski definition) is 2. The van der Waals surface area contributed by atoms with Crippen molar-refractivity contribution in [2.24, 2.45) is 5.92 Å². The van der Waals surface area contributed by atoms with Crippen LogP contribution in [0, 0.1) is 5.92 Å². The Hall–Kier alpha value is -2.77. The molecule has 1 atom stereocenters. The summed E-state index contributed by atoms with van der Waals surface area (Å²) in [6.45, 7) is 4.13. The Morgan fingerprint density at radius 1 is 1.28 bits per heavy atom. The van der Waals surface area contributed by atoms with Crippen molar-refractivity contribution in [3.05, 3.63) is 34.6 Å². The van der Waals surface area contributed by atoms with Crippen molar-refractivity contribution in [3.8, 4) is 0 Å². The van der Waals surface area contributed by atoms with Crippen LogP contribution in [0.4, 0.5) is 0 Å². The van der Waals surface area contributed by atoms with Gasteiger partial charge in [0, 0.05) is 13.0 Å². The van der Waals surface area contributed by atoms with Crippen LogP contribution >= 0.6 is 0 Å². The molecule has 0 fully saturated rings. The quantitative estimate of drug-likeness (QED) is 0.698. The van der Waals surface area contributed by atoms with E-state index in [1.54, 1.807) is 24.3 Å². The fraction of sp³-hybridized carbons (Fsp3) is 0.471. The molecule has 0 aliphatic carbocycles. The fourth-order valence-corrected chi connectivity index (χ4v) is 2.54. The number of carbonyl (C=O) groups excluding carboxylic acids is 1. The largest absolute Gasteiger partial charge is 0.481 e. The molecule has 0 bridgehead atoms. The van der Waals surface area contributed by atoms with Crippen LogP contribution < -0.4 is 10.9 Å². The molecule has 2 aromatic rings. The Bertz CT molecular complexity index is 816. The van der Waals surface area contributed by atoms with Crippen LogP contribution in [0.1, 0.15) is 39.2 Å². The third-order valence-corrected chi connectivity index (χ3v) is 3.75. The molecule has 1 aromatic carbocycles. The van der Waals surface area contributed by atoms with Gasteiger partial charge in [-0.05, 0) is 30.9 Å². The van der Waals surface area contributed by atoms with Gasteiger partial charge in [-0.2, -0.15) is 4.68 Å². The molecule has 1 heterocycles. The summed E-state index contributed by atoms with van der Waals surface area (Å²) < 4.78 is 1.12. The van der Waals surface area contributed by atoms with Crippen LogP contribution in [-0.2, 0) is 9.59 Å². The smallest absolute Gasteiger partial charge is 0.303 e.